The number of anilines is 1. The number of hydrogen-bond acceptors (Lipinski definition) is 3. The van der Waals surface area contributed by atoms with Crippen molar-refractivity contribution in [2.45, 2.75) is 44.9 Å². The Morgan fingerprint density at radius 3 is 2.35 bits per heavy atom. The maximum absolute atomic E-state index is 7.01. The Kier molecular flexibility index (Phi) is 6.46. The lowest BCUT2D eigenvalue weighted by molar-refractivity contribution is 0.657. The summed E-state index contributed by atoms with van der Waals surface area (Å²) in [4.78, 5) is 4.09. The zero-order chi connectivity index (χ0) is 34.6. The lowest BCUT2D eigenvalue weighted by Gasteiger charge is -2.33. The van der Waals surface area contributed by atoms with Gasteiger partial charge in [0.15, 0.2) is 0 Å². The van der Waals surface area contributed by atoms with Crippen molar-refractivity contribution >= 4 is 65.9 Å². The molecule has 3 heteroatoms. The van der Waals surface area contributed by atoms with E-state index in [9.17, 15) is 0 Å². The van der Waals surface area contributed by atoms with Crippen molar-refractivity contribution < 1.29 is 4.42 Å². The predicted molar refractivity (Wildman–Crippen MR) is 221 cm³/mol. The SMILES string of the molecule is CC1(C)c2cc(N(C3=CC=CCC3)C3=Cc4c(sc5ccccc45)CC3)ccc2-c2c1c1ccccc1c1c2oc2cc(-c3ccccc3)ccc21. The molecule has 3 aliphatic rings. The average Bonchev–Trinajstić information content (AvgIpc) is 3.83. The van der Waals surface area contributed by atoms with Crippen molar-refractivity contribution in [1.82, 2.24) is 0 Å². The van der Waals surface area contributed by atoms with Crippen molar-refractivity contribution in [3.63, 3.8) is 0 Å². The highest BCUT2D eigenvalue weighted by atomic mass is 32.1. The van der Waals surface area contributed by atoms with Gasteiger partial charge in [-0.25, -0.2) is 0 Å². The van der Waals surface area contributed by atoms with Gasteiger partial charge in [-0.2, -0.15) is 0 Å². The van der Waals surface area contributed by atoms with Gasteiger partial charge in [-0.05, 0) is 112 Å². The number of furan rings is 1. The number of thiophene rings is 1. The fourth-order valence-electron chi connectivity index (χ4n) is 9.37. The summed E-state index contributed by atoms with van der Waals surface area (Å²) in [6.07, 6.45) is 13.5. The van der Waals surface area contributed by atoms with Crippen molar-refractivity contribution in [3.05, 3.63) is 166 Å². The molecule has 0 spiro atoms. The van der Waals surface area contributed by atoms with E-state index >= 15 is 0 Å². The number of hydrogen-bond donors (Lipinski definition) is 0. The van der Waals surface area contributed by atoms with Gasteiger partial charge in [0.2, 0.25) is 0 Å². The van der Waals surface area contributed by atoms with Crippen molar-refractivity contribution in [2.75, 3.05) is 4.90 Å². The van der Waals surface area contributed by atoms with Gasteiger partial charge in [0.1, 0.15) is 11.2 Å². The summed E-state index contributed by atoms with van der Waals surface area (Å²) in [5.41, 5.74) is 14.7. The number of nitrogens with zero attached hydrogens (tertiary/aromatic N) is 1. The fourth-order valence-corrected chi connectivity index (χ4v) is 10.6. The first-order valence-electron chi connectivity index (χ1n) is 18.5. The van der Waals surface area contributed by atoms with Crippen LogP contribution in [0.25, 0.3) is 71.1 Å². The van der Waals surface area contributed by atoms with Gasteiger partial charge in [0.25, 0.3) is 0 Å². The Morgan fingerprint density at radius 2 is 1.50 bits per heavy atom. The van der Waals surface area contributed by atoms with Gasteiger partial charge in [-0.3, -0.25) is 0 Å². The fraction of sp³-hybridized carbons (Fsp3) is 0.143. The molecule has 52 heavy (non-hydrogen) atoms. The molecule has 0 unspecified atom stereocenters. The van der Waals surface area contributed by atoms with Crippen LogP contribution in [0.3, 0.4) is 0 Å². The van der Waals surface area contributed by atoms with Crippen LogP contribution in [0.1, 0.15) is 54.7 Å². The topological polar surface area (TPSA) is 16.4 Å². The van der Waals surface area contributed by atoms with Crippen molar-refractivity contribution in [1.29, 1.82) is 0 Å². The van der Waals surface area contributed by atoms with Crippen LogP contribution in [0.4, 0.5) is 5.69 Å². The molecule has 11 rings (SSSR count). The first-order chi connectivity index (χ1) is 25.5. The molecule has 0 atom stereocenters. The number of allylic oxidation sites excluding steroid dienone is 5. The third kappa shape index (κ3) is 4.29. The Balaban J connectivity index is 1.12. The Bertz CT molecular complexity index is 2880. The van der Waals surface area contributed by atoms with Gasteiger partial charge in [-0.1, -0.05) is 111 Å². The second-order valence-corrected chi connectivity index (χ2v) is 16.2. The summed E-state index contributed by atoms with van der Waals surface area (Å²) < 4.78 is 8.39. The highest BCUT2D eigenvalue weighted by molar-refractivity contribution is 7.19. The van der Waals surface area contributed by atoms with Crippen LogP contribution < -0.4 is 4.90 Å². The van der Waals surface area contributed by atoms with Crippen molar-refractivity contribution in [2.24, 2.45) is 0 Å². The van der Waals surface area contributed by atoms with Crippen LogP contribution in [0.2, 0.25) is 0 Å². The van der Waals surface area contributed by atoms with Crippen LogP contribution in [-0.2, 0) is 11.8 Å². The van der Waals surface area contributed by atoms with E-state index in [4.69, 9.17) is 4.42 Å². The predicted octanol–water partition coefficient (Wildman–Crippen LogP) is 14.0. The number of benzene rings is 6. The minimum atomic E-state index is -0.229. The first kappa shape index (κ1) is 30.0. The second kappa shape index (κ2) is 11.2. The van der Waals surface area contributed by atoms with Crippen LogP contribution in [0.15, 0.2) is 149 Å². The van der Waals surface area contributed by atoms with Gasteiger partial charge >= 0.3 is 0 Å². The van der Waals surface area contributed by atoms with E-state index in [-0.39, 0.29) is 5.41 Å². The normalized spacial score (nSPS) is 15.9. The summed E-state index contributed by atoms with van der Waals surface area (Å²) in [5.74, 6) is 0. The molecule has 6 aromatic carbocycles. The minimum absolute atomic E-state index is 0.229. The molecule has 0 fully saturated rings. The van der Waals surface area contributed by atoms with Gasteiger partial charge in [-0.15, -0.1) is 11.3 Å². The number of rotatable bonds is 4. The molecule has 2 nitrogen and oxygen atoms in total. The van der Waals surface area contributed by atoms with Crippen LogP contribution in [-0.4, -0.2) is 0 Å². The second-order valence-electron chi connectivity index (χ2n) is 15.1. The average molecular weight is 688 g/mol. The molecule has 0 amide bonds. The maximum atomic E-state index is 7.01. The number of fused-ring (bicyclic) bond motifs is 13. The van der Waals surface area contributed by atoms with E-state index < -0.39 is 0 Å². The van der Waals surface area contributed by atoms with E-state index in [0.29, 0.717) is 0 Å². The van der Waals surface area contributed by atoms with E-state index in [1.807, 2.05) is 11.3 Å². The molecular formula is C49H37NOS. The zero-order valence-electron chi connectivity index (χ0n) is 29.4. The third-order valence-electron chi connectivity index (χ3n) is 11.8. The molecule has 0 saturated carbocycles. The lowest BCUT2D eigenvalue weighted by atomic mass is 9.79. The zero-order valence-corrected chi connectivity index (χ0v) is 30.2. The van der Waals surface area contributed by atoms with E-state index in [1.54, 1.807) is 0 Å². The molecule has 8 aromatic rings. The maximum Gasteiger partial charge on any atom is 0.144 e. The molecule has 0 radical (unpaired) electrons. The molecule has 2 aromatic heterocycles. The Hall–Kier alpha value is -5.64. The summed E-state index contributed by atoms with van der Waals surface area (Å²) in [7, 11) is 0. The highest BCUT2D eigenvalue weighted by Crippen LogP contribution is 2.57. The van der Waals surface area contributed by atoms with Crippen molar-refractivity contribution in [3.8, 4) is 22.3 Å². The number of aryl methyl sites for hydroxylation is 1. The van der Waals surface area contributed by atoms with Crippen LogP contribution in [0.5, 0.6) is 0 Å². The lowest BCUT2D eigenvalue weighted by Crippen LogP contribution is -2.25. The monoisotopic (exact) mass is 687 g/mol. The highest BCUT2D eigenvalue weighted by Gasteiger charge is 2.40. The van der Waals surface area contributed by atoms with E-state index in [0.717, 1.165) is 36.8 Å². The molecule has 0 N–H and O–H groups in total. The summed E-state index contributed by atoms with van der Waals surface area (Å²) in [6, 6.07) is 42.4. The largest absolute Gasteiger partial charge is 0.455 e. The Labute approximate surface area is 307 Å². The summed E-state index contributed by atoms with van der Waals surface area (Å²) >= 11 is 1.96. The molecule has 0 saturated heterocycles. The smallest absolute Gasteiger partial charge is 0.144 e. The summed E-state index contributed by atoms with van der Waals surface area (Å²) in [5, 5.41) is 6.33. The molecule has 0 bridgehead atoms. The first-order valence-corrected chi connectivity index (χ1v) is 19.3. The summed E-state index contributed by atoms with van der Waals surface area (Å²) in [6.45, 7) is 4.82. The van der Waals surface area contributed by atoms with E-state index in [2.05, 4.69) is 158 Å². The molecule has 0 aliphatic heterocycles. The third-order valence-corrected chi connectivity index (χ3v) is 13.0. The Morgan fingerprint density at radius 1 is 0.692 bits per heavy atom. The van der Waals surface area contributed by atoms with Gasteiger partial charge in [0, 0.05) is 53.8 Å². The quantitative estimate of drug-likeness (QED) is 0.183. The van der Waals surface area contributed by atoms with Gasteiger partial charge in [0.05, 0.1) is 0 Å². The molecule has 3 aliphatic carbocycles. The minimum Gasteiger partial charge on any atom is -0.455 e. The van der Waals surface area contributed by atoms with E-state index in [1.165, 1.54) is 92.5 Å². The van der Waals surface area contributed by atoms with Crippen LogP contribution >= 0.6 is 11.3 Å². The molecular weight excluding hydrogens is 651 g/mol. The molecule has 2 heterocycles. The van der Waals surface area contributed by atoms with Crippen LogP contribution in [0, 0.1) is 0 Å². The molecule has 250 valence electrons. The standard InChI is InChI=1S/C49H37NOS/c1-49(2)41-29-34(50(32-15-7-4-8-16-32)33-23-26-44-40(28-33)35-17-11-12-20-43(35)52-44)22-25-38(41)46-47(49)37-19-10-9-18-36(37)45-39-24-21-31(27-42(39)51-48(45)46)30-13-5-3-6-14-30/h3-7,9-15,17-22,24-25,27-29H,8,16,23,26H2,1-2H3. The van der Waals surface area contributed by atoms with Gasteiger partial charge < -0.3 is 9.32 Å².